The number of benzene rings is 7. The van der Waals surface area contributed by atoms with Gasteiger partial charge in [0, 0.05) is 16.8 Å². The summed E-state index contributed by atoms with van der Waals surface area (Å²) in [6.07, 6.45) is 0. The lowest BCUT2D eigenvalue weighted by molar-refractivity contribution is 1.37. The van der Waals surface area contributed by atoms with Crippen molar-refractivity contribution in [3.63, 3.8) is 0 Å². The minimum atomic E-state index is -2.95. The number of hydrogen-bond donors (Lipinski definition) is 0. The highest BCUT2D eigenvalue weighted by molar-refractivity contribution is 7.16. The predicted molar refractivity (Wildman–Crippen MR) is 204 cm³/mol. The topological polar surface area (TPSA) is 3.24 Å². The molecule has 1 aliphatic heterocycles. The summed E-state index contributed by atoms with van der Waals surface area (Å²) in [6, 6.07) is 71.0. The maximum atomic E-state index is 2.74. The van der Waals surface area contributed by atoms with Gasteiger partial charge in [0.1, 0.15) is 0 Å². The summed E-state index contributed by atoms with van der Waals surface area (Å²) in [5.41, 5.74) is 10.1. The van der Waals surface area contributed by atoms with Gasteiger partial charge < -0.3 is 4.57 Å². The Balaban J connectivity index is 1.60. The zero-order chi connectivity index (χ0) is 31.6. The molecule has 0 radical (unpaired) electrons. The quantitative estimate of drug-likeness (QED) is 0.161. The second-order valence-electron chi connectivity index (χ2n) is 12.2. The van der Waals surface area contributed by atoms with E-state index in [0.717, 1.165) is 0 Å². The zero-order valence-corrected chi connectivity index (χ0v) is 27.4. The zero-order valence-electron chi connectivity index (χ0n) is 26.4. The van der Waals surface area contributed by atoms with E-state index >= 15 is 0 Å². The van der Waals surface area contributed by atoms with Crippen LogP contribution in [0.3, 0.4) is 0 Å². The van der Waals surface area contributed by atoms with E-state index in [9.17, 15) is 0 Å². The Morgan fingerprint density at radius 3 is 1.23 bits per heavy atom. The van der Waals surface area contributed by atoms with Crippen molar-refractivity contribution in [2.75, 3.05) is 4.57 Å². The summed E-state index contributed by atoms with van der Waals surface area (Å²) < 4.78 is 2.74. The number of fused-ring (bicyclic) bond motifs is 1. The van der Waals surface area contributed by atoms with E-state index in [1.807, 2.05) is 0 Å². The Hall–Kier alpha value is -5.70. The van der Waals surface area contributed by atoms with Crippen LogP contribution in [0.5, 0.6) is 0 Å². The van der Waals surface area contributed by atoms with Crippen LogP contribution < -0.4 is 4.57 Å². The van der Waals surface area contributed by atoms with Gasteiger partial charge in [-0.3, -0.25) is 0 Å². The summed E-state index contributed by atoms with van der Waals surface area (Å²) in [5, 5.41) is 5.32. The molecule has 1 heterocycles. The van der Waals surface area contributed by atoms with Crippen LogP contribution in [0.25, 0.3) is 32.3 Å². The number of allylic oxidation sites excluding steroid dienone is 2. The molecule has 0 amide bonds. The predicted octanol–water partition coefficient (Wildman–Crippen LogP) is 11.9. The third kappa shape index (κ3) is 4.95. The minimum absolute atomic E-state index is 1.20. The van der Waals surface area contributed by atoms with Gasteiger partial charge in [-0.25, -0.2) is 0 Å². The molecule has 0 saturated heterocycles. The molecule has 0 unspecified atom stereocenters. The van der Waals surface area contributed by atoms with Gasteiger partial charge in [-0.1, -0.05) is 176 Å². The summed E-state index contributed by atoms with van der Waals surface area (Å²) >= 11 is 0. The van der Waals surface area contributed by atoms with Crippen molar-refractivity contribution in [2.45, 2.75) is 6.55 Å². The lowest BCUT2D eigenvalue weighted by Gasteiger charge is -2.44. The molecule has 224 valence electrons. The van der Waals surface area contributed by atoms with Crippen LogP contribution in [0.1, 0.15) is 22.3 Å². The SMILES string of the molecule is C[Si]1(N(c2ccccc2)c2cccc3ccccc23)C(c2ccccc2)=C(c2ccccc2)C(c2ccccc2)=C1c1ccccc1. The number of nitrogens with zero attached hydrogens (tertiary/aromatic N) is 1. The molecule has 0 aliphatic carbocycles. The fourth-order valence-electron chi connectivity index (χ4n) is 7.55. The van der Waals surface area contributed by atoms with Crippen LogP contribution in [-0.2, 0) is 0 Å². The first-order valence-corrected chi connectivity index (χ1v) is 18.7. The summed E-state index contributed by atoms with van der Waals surface area (Å²) in [6.45, 7) is 2.57. The minimum Gasteiger partial charge on any atom is -0.360 e. The number of hydrogen-bond acceptors (Lipinski definition) is 1. The van der Waals surface area contributed by atoms with Gasteiger partial charge in [-0.15, -0.1) is 0 Å². The molecular formula is C45H35NSi. The fourth-order valence-corrected chi connectivity index (χ4v) is 12.6. The molecular weight excluding hydrogens is 583 g/mol. The molecule has 0 saturated carbocycles. The van der Waals surface area contributed by atoms with Crippen molar-refractivity contribution in [1.29, 1.82) is 0 Å². The normalized spacial score (nSPS) is 14.1. The van der Waals surface area contributed by atoms with Crippen LogP contribution >= 0.6 is 0 Å². The third-order valence-electron chi connectivity index (χ3n) is 9.44. The number of anilines is 2. The summed E-state index contributed by atoms with van der Waals surface area (Å²) in [7, 11) is -2.95. The van der Waals surface area contributed by atoms with Crippen LogP contribution in [0, 0.1) is 0 Å². The number of para-hydroxylation sites is 1. The van der Waals surface area contributed by atoms with Crippen LogP contribution in [-0.4, -0.2) is 8.24 Å². The maximum absolute atomic E-state index is 2.95. The Labute approximate surface area is 278 Å². The van der Waals surface area contributed by atoms with E-state index in [-0.39, 0.29) is 0 Å². The van der Waals surface area contributed by atoms with Gasteiger partial charge in [-0.2, -0.15) is 0 Å². The second-order valence-corrected chi connectivity index (χ2v) is 15.8. The van der Waals surface area contributed by atoms with Crippen LogP contribution in [0.2, 0.25) is 6.55 Å². The van der Waals surface area contributed by atoms with Crippen molar-refractivity contribution in [2.24, 2.45) is 0 Å². The van der Waals surface area contributed by atoms with Crippen molar-refractivity contribution < 1.29 is 0 Å². The molecule has 1 aliphatic rings. The second kappa shape index (κ2) is 12.2. The highest BCUT2D eigenvalue weighted by atomic mass is 28.3. The molecule has 47 heavy (non-hydrogen) atoms. The highest BCUT2D eigenvalue weighted by Crippen LogP contribution is 2.59. The average Bonchev–Trinajstić information content (AvgIpc) is 3.43. The van der Waals surface area contributed by atoms with Crippen molar-refractivity contribution in [1.82, 2.24) is 0 Å². The third-order valence-corrected chi connectivity index (χ3v) is 13.9. The first-order chi connectivity index (χ1) is 23.2. The molecule has 1 nitrogen and oxygen atoms in total. The molecule has 0 spiro atoms. The van der Waals surface area contributed by atoms with E-state index in [1.165, 1.54) is 65.9 Å². The van der Waals surface area contributed by atoms with E-state index in [0.29, 0.717) is 0 Å². The van der Waals surface area contributed by atoms with Gasteiger partial charge >= 0.3 is 0 Å². The molecule has 0 atom stereocenters. The Morgan fingerprint density at radius 1 is 0.362 bits per heavy atom. The maximum Gasteiger partial charge on any atom is 0.224 e. The first kappa shape index (κ1) is 28.7. The standard InChI is InChI=1S/C45H35NSi/c1-47(46(39-30-15-6-16-31-39)41-33-19-29-34-20-17-18-32-40(34)41)44(37-25-11-4-12-26-37)42(35-21-7-2-8-22-35)43(36-23-9-3-10-24-36)45(47)38-27-13-5-14-28-38/h2-33H,1H3. The van der Waals surface area contributed by atoms with Crippen molar-refractivity contribution in [3.8, 4) is 0 Å². The highest BCUT2D eigenvalue weighted by Gasteiger charge is 2.52. The smallest absolute Gasteiger partial charge is 0.224 e. The largest absolute Gasteiger partial charge is 0.360 e. The molecule has 2 heteroatoms. The fraction of sp³-hybridized carbons (Fsp3) is 0.0222. The van der Waals surface area contributed by atoms with Gasteiger partial charge in [-0.05, 0) is 73.9 Å². The van der Waals surface area contributed by atoms with Crippen LogP contribution in [0.15, 0.2) is 194 Å². The Morgan fingerprint density at radius 2 is 0.745 bits per heavy atom. The lowest BCUT2D eigenvalue weighted by Crippen LogP contribution is -2.50. The van der Waals surface area contributed by atoms with E-state index < -0.39 is 8.24 Å². The van der Waals surface area contributed by atoms with E-state index in [2.05, 4.69) is 205 Å². The van der Waals surface area contributed by atoms with E-state index in [4.69, 9.17) is 0 Å². The molecule has 0 fully saturated rings. The molecule has 0 bridgehead atoms. The van der Waals surface area contributed by atoms with Gasteiger partial charge in [0.05, 0.1) is 0 Å². The molecule has 8 rings (SSSR count). The van der Waals surface area contributed by atoms with E-state index in [1.54, 1.807) is 0 Å². The molecule has 0 N–H and O–H groups in total. The van der Waals surface area contributed by atoms with Gasteiger partial charge in [0.25, 0.3) is 0 Å². The monoisotopic (exact) mass is 617 g/mol. The van der Waals surface area contributed by atoms with Gasteiger partial charge in [0.2, 0.25) is 8.24 Å². The van der Waals surface area contributed by atoms with Crippen LogP contribution in [0.4, 0.5) is 11.4 Å². The summed E-state index contributed by atoms with van der Waals surface area (Å²) in [5.74, 6) is 0. The molecule has 0 aromatic heterocycles. The number of rotatable bonds is 7. The van der Waals surface area contributed by atoms with Crippen molar-refractivity contribution in [3.05, 3.63) is 216 Å². The summed E-state index contributed by atoms with van der Waals surface area (Å²) in [4.78, 5) is 0. The Kier molecular flexibility index (Phi) is 7.49. The average molecular weight is 618 g/mol. The first-order valence-electron chi connectivity index (χ1n) is 16.3. The lowest BCUT2D eigenvalue weighted by atomic mass is 9.89. The van der Waals surface area contributed by atoms with Crippen molar-refractivity contribution >= 4 is 51.9 Å². The Bertz CT molecular complexity index is 2120. The van der Waals surface area contributed by atoms with Gasteiger partial charge in [0.15, 0.2) is 0 Å². The molecule has 7 aromatic rings. The molecule has 7 aromatic carbocycles.